The first kappa shape index (κ1) is 10.4. The molecule has 14 heavy (non-hydrogen) atoms. The van der Waals surface area contributed by atoms with E-state index in [9.17, 15) is 9.18 Å². The number of ether oxygens (including phenoxy) is 1. The Morgan fingerprint density at radius 1 is 1.57 bits per heavy atom. The van der Waals surface area contributed by atoms with Gasteiger partial charge in [0.15, 0.2) is 0 Å². The summed E-state index contributed by atoms with van der Waals surface area (Å²) in [6, 6.07) is 5.41. The van der Waals surface area contributed by atoms with Crippen LogP contribution in [0.5, 0.6) is 0 Å². The van der Waals surface area contributed by atoms with Crippen molar-refractivity contribution in [1.29, 1.82) is 0 Å². The molecule has 0 amide bonds. The zero-order valence-electron chi connectivity index (χ0n) is 7.70. The molecule has 0 unspecified atom stereocenters. The summed E-state index contributed by atoms with van der Waals surface area (Å²) in [6.07, 6.45) is 2.25. The van der Waals surface area contributed by atoms with Gasteiger partial charge in [-0.1, -0.05) is 12.1 Å². The van der Waals surface area contributed by atoms with E-state index in [2.05, 4.69) is 6.58 Å². The van der Waals surface area contributed by atoms with Gasteiger partial charge in [0.2, 0.25) is 0 Å². The molecule has 3 heteroatoms. The van der Waals surface area contributed by atoms with E-state index >= 15 is 0 Å². The SMILES string of the molecule is C=CCCOC(=O)c1cccc(F)c1. The third kappa shape index (κ3) is 3.01. The van der Waals surface area contributed by atoms with E-state index in [4.69, 9.17) is 4.74 Å². The number of halogens is 1. The van der Waals surface area contributed by atoms with E-state index in [1.165, 1.54) is 18.2 Å². The molecule has 0 aromatic heterocycles. The molecule has 1 rings (SSSR count). The molecule has 0 N–H and O–H groups in total. The van der Waals surface area contributed by atoms with E-state index in [-0.39, 0.29) is 12.2 Å². The molecule has 0 atom stereocenters. The van der Waals surface area contributed by atoms with Crippen molar-refractivity contribution >= 4 is 5.97 Å². The summed E-state index contributed by atoms with van der Waals surface area (Å²) in [6.45, 7) is 3.77. The predicted molar refractivity (Wildman–Crippen MR) is 51.5 cm³/mol. The summed E-state index contributed by atoms with van der Waals surface area (Å²) in [5, 5.41) is 0. The Bertz CT molecular complexity index is 334. The van der Waals surface area contributed by atoms with Crippen LogP contribution in [0.15, 0.2) is 36.9 Å². The van der Waals surface area contributed by atoms with Gasteiger partial charge in [-0.3, -0.25) is 0 Å². The van der Waals surface area contributed by atoms with E-state index in [1.807, 2.05) is 0 Å². The first-order valence-corrected chi connectivity index (χ1v) is 4.27. The first-order valence-electron chi connectivity index (χ1n) is 4.27. The molecular formula is C11H11FO2. The number of esters is 1. The van der Waals surface area contributed by atoms with E-state index in [0.29, 0.717) is 6.42 Å². The van der Waals surface area contributed by atoms with Crippen LogP contribution in [0, 0.1) is 5.82 Å². The van der Waals surface area contributed by atoms with Crippen molar-refractivity contribution in [2.75, 3.05) is 6.61 Å². The van der Waals surface area contributed by atoms with Gasteiger partial charge >= 0.3 is 5.97 Å². The van der Waals surface area contributed by atoms with E-state index < -0.39 is 11.8 Å². The Labute approximate surface area is 82.0 Å². The molecule has 0 aliphatic carbocycles. The normalized spacial score (nSPS) is 9.50. The van der Waals surface area contributed by atoms with Crippen molar-refractivity contribution in [3.63, 3.8) is 0 Å². The van der Waals surface area contributed by atoms with Gasteiger partial charge < -0.3 is 4.74 Å². The van der Waals surface area contributed by atoms with Crippen LogP contribution in [0.1, 0.15) is 16.8 Å². The summed E-state index contributed by atoms with van der Waals surface area (Å²) in [4.78, 5) is 11.2. The summed E-state index contributed by atoms with van der Waals surface area (Å²) in [5.74, 6) is -0.950. The number of carbonyl (C=O) groups is 1. The van der Waals surface area contributed by atoms with Crippen LogP contribution in [-0.4, -0.2) is 12.6 Å². The number of hydrogen-bond acceptors (Lipinski definition) is 2. The molecule has 0 radical (unpaired) electrons. The lowest BCUT2D eigenvalue weighted by Crippen LogP contribution is -2.06. The highest BCUT2D eigenvalue weighted by Gasteiger charge is 2.06. The van der Waals surface area contributed by atoms with Crippen LogP contribution < -0.4 is 0 Å². The van der Waals surface area contributed by atoms with Gasteiger partial charge in [-0.2, -0.15) is 0 Å². The quantitative estimate of drug-likeness (QED) is 0.418. The zero-order valence-corrected chi connectivity index (χ0v) is 7.70. The smallest absolute Gasteiger partial charge is 0.338 e. The maximum absolute atomic E-state index is 12.7. The molecule has 2 nitrogen and oxygen atoms in total. The molecule has 74 valence electrons. The average Bonchev–Trinajstić information content (AvgIpc) is 2.18. The number of benzene rings is 1. The average molecular weight is 194 g/mol. The Kier molecular flexibility index (Phi) is 3.85. The highest BCUT2D eigenvalue weighted by molar-refractivity contribution is 5.89. The maximum atomic E-state index is 12.7. The highest BCUT2D eigenvalue weighted by atomic mass is 19.1. The van der Waals surface area contributed by atoms with Crippen molar-refractivity contribution in [2.24, 2.45) is 0 Å². The van der Waals surface area contributed by atoms with Gasteiger partial charge in [0.1, 0.15) is 5.82 Å². The van der Waals surface area contributed by atoms with Crippen molar-refractivity contribution < 1.29 is 13.9 Å². The molecule has 0 saturated carbocycles. The maximum Gasteiger partial charge on any atom is 0.338 e. The predicted octanol–water partition coefficient (Wildman–Crippen LogP) is 2.56. The Morgan fingerprint density at radius 3 is 3.00 bits per heavy atom. The van der Waals surface area contributed by atoms with Crippen LogP contribution in [0.4, 0.5) is 4.39 Å². The molecule has 1 aromatic rings. The van der Waals surface area contributed by atoms with Crippen molar-refractivity contribution in [1.82, 2.24) is 0 Å². The standard InChI is InChI=1S/C11H11FO2/c1-2-3-7-14-11(13)9-5-4-6-10(12)8-9/h2,4-6,8H,1,3,7H2. The van der Waals surface area contributed by atoms with Crippen LogP contribution in [0.25, 0.3) is 0 Å². The molecule has 0 aliphatic heterocycles. The van der Waals surface area contributed by atoms with Crippen molar-refractivity contribution in [2.45, 2.75) is 6.42 Å². The second kappa shape index (κ2) is 5.17. The van der Waals surface area contributed by atoms with Crippen molar-refractivity contribution in [3.05, 3.63) is 48.3 Å². The largest absolute Gasteiger partial charge is 0.462 e. The second-order valence-electron chi connectivity index (χ2n) is 2.72. The molecule has 0 bridgehead atoms. The van der Waals surface area contributed by atoms with Crippen LogP contribution in [0.2, 0.25) is 0 Å². The third-order valence-electron chi connectivity index (χ3n) is 1.62. The van der Waals surface area contributed by atoms with Gasteiger partial charge in [0, 0.05) is 0 Å². The topological polar surface area (TPSA) is 26.3 Å². The molecule has 0 spiro atoms. The van der Waals surface area contributed by atoms with Crippen molar-refractivity contribution in [3.8, 4) is 0 Å². The fraction of sp³-hybridized carbons (Fsp3) is 0.182. The molecule has 0 aliphatic rings. The molecule has 1 aromatic carbocycles. The fourth-order valence-corrected chi connectivity index (χ4v) is 0.934. The molecule has 0 fully saturated rings. The molecular weight excluding hydrogens is 183 g/mol. The lowest BCUT2D eigenvalue weighted by Gasteiger charge is -2.02. The minimum absolute atomic E-state index is 0.231. The Balaban J connectivity index is 2.56. The minimum Gasteiger partial charge on any atom is -0.462 e. The Hall–Kier alpha value is -1.64. The van der Waals surface area contributed by atoms with E-state index in [1.54, 1.807) is 6.08 Å². The minimum atomic E-state index is -0.508. The first-order chi connectivity index (χ1) is 6.74. The molecule has 0 saturated heterocycles. The number of carbonyl (C=O) groups excluding carboxylic acids is 1. The van der Waals surface area contributed by atoms with Gasteiger partial charge in [-0.25, -0.2) is 9.18 Å². The lowest BCUT2D eigenvalue weighted by atomic mass is 10.2. The number of hydrogen-bond donors (Lipinski definition) is 0. The monoisotopic (exact) mass is 194 g/mol. The van der Waals surface area contributed by atoms with Crippen LogP contribution in [-0.2, 0) is 4.74 Å². The van der Waals surface area contributed by atoms with Gasteiger partial charge in [-0.15, -0.1) is 6.58 Å². The summed E-state index contributed by atoms with van der Waals surface area (Å²) in [5.41, 5.74) is 0.231. The zero-order chi connectivity index (χ0) is 10.4. The van der Waals surface area contributed by atoms with Gasteiger partial charge in [0.05, 0.1) is 12.2 Å². The summed E-state index contributed by atoms with van der Waals surface area (Å²) >= 11 is 0. The highest BCUT2D eigenvalue weighted by Crippen LogP contribution is 2.05. The number of rotatable bonds is 4. The summed E-state index contributed by atoms with van der Waals surface area (Å²) < 4.78 is 17.5. The second-order valence-corrected chi connectivity index (χ2v) is 2.72. The fourth-order valence-electron chi connectivity index (χ4n) is 0.934. The Morgan fingerprint density at radius 2 is 2.36 bits per heavy atom. The third-order valence-corrected chi connectivity index (χ3v) is 1.62. The lowest BCUT2D eigenvalue weighted by molar-refractivity contribution is 0.0511. The van der Waals surface area contributed by atoms with E-state index in [0.717, 1.165) is 6.07 Å². The van der Waals surface area contributed by atoms with Crippen LogP contribution >= 0.6 is 0 Å². The van der Waals surface area contributed by atoms with Gasteiger partial charge in [-0.05, 0) is 24.6 Å². The summed E-state index contributed by atoms with van der Waals surface area (Å²) in [7, 11) is 0. The molecule has 0 heterocycles. The van der Waals surface area contributed by atoms with Gasteiger partial charge in [0.25, 0.3) is 0 Å². The van der Waals surface area contributed by atoms with Crippen LogP contribution in [0.3, 0.4) is 0 Å².